The number of carbonyl (C=O) groups is 1. The van der Waals surface area contributed by atoms with Crippen molar-refractivity contribution in [2.45, 2.75) is 45.7 Å². The maximum Gasteiger partial charge on any atom is 0.251 e. The van der Waals surface area contributed by atoms with Gasteiger partial charge in [0.2, 0.25) is 0 Å². The van der Waals surface area contributed by atoms with Gasteiger partial charge in [0.1, 0.15) is 12.2 Å². The van der Waals surface area contributed by atoms with E-state index in [-0.39, 0.29) is 23.7 Å². The van der Waals surface area contributed by atoms with Gasteiger partial charge in [0, 0.05) is 30.8 Å². The van der Waals surface area contributed by atoms with Gasteiger partial charge in [-0.2, -0.15) is 0 Å². The number of ether oxygens (including phenoxy) is 1. The fourth-order valence-electron chi connectivity index (χ4n) is 6.30. The molecule has 2 atom stereocenters. The lowest BCUT2D eigenvalue weighted by Gasteiger charge is -2.18. The van der Waals surface area contributed by atoms with E-state index in [0.29, 0.717) is 17.7 Å². The highest BCUT2D eigenvalue weighted by molar-refractivity contribution is 5.94. The van der Waals surface area contributed by atoms with E-state index in [0.717, 1.165) is 47.0 Å². The van der Waals surface area contributed by atoms with Crippen molar-refractivity contribution in [2.75, 3.05) is 0 Å². The Hall–Kier alpha value is -3.87. The number of amides is 1. The maximum atomic E-state index is 14.5. The van der Waals surface area contributed by atoms with Crippen LogP contribution in [0.5, 0.6) is 0 Å². The second-order valence-corrected chi connectivity index (χ2v) is 10.4. The Morgan fingerprint density at radius 3 is 2.55 bits per heavy atom. The SMILES string of the molecule is Cc1cc2c(c(C)c1CNC(=O)c1ccc3c(c1)C1OC3c3ccc(-c4cccc(F)c4F)cc31)CNC2. The Morgan fingerprint density at radius 2 is 1.71 bits per heavy atom. The smallest absolute Gasteiger partial charge is 0.251 e. The molecule has 4 aromatic rings. The van der Waals surface area contributed by atoms with E-state index in [4.69, 9.17) is 4.74 Å². The molecule has 38 heavy (non-hydrogen) atoms. The lowest BCUT2D eigenvalue weighted by molar-refractivity contribution is 0.0857. The molecule has 0 saturated heterocycles. The Balaban J connectivity index is 1.15. The molecule has 3 heterocycles. The number of halogens is 2. The summed E-state index contributed by atoms with van der Waals surface area (Å²) in [5.41, 5.74) is 11.6. The number of rotatable bonds is 4. The van der Waals surface area contributed by atoms with Crippen LogP contribution in [-0.2, 0) is 24.4 Å². The third kappa shape index (κ3) is 3.44. The Morgan fingerprint density at radius 1 is 0.947 bits per heavy atom. The highest BCUT2D eigenvalue weighted by Crippen LogP contribution is 2.55. The van der Waals surface area contributed by atoms with Crippen molar-refractivity contribution in [1.82, 2.24) is 10.6 Å². The molecule has 3 aliphatic rings. The van der Waals surface area contributed by atoms with E-state index in [9.17, 15) is 13.6 Å². The number of hydrogen-bond acceptors (Lipinski definition) is 3. The van der Waals surface area contributed by atoms with Crippen LogP contribution < -0.4 is 10.6 Å². The van der Waals surface area contributed by atoms with Crippen LogP contribution in [0, 0.1) is 25.5 Å². The summed E-state index contributed by atoms with van der Waals surface area (Å²) in [4.78, 5) is 13.2. The molecule has 2 bridgehead atoms. The molecule has 0 radical (unpaired) electrons. The monoisotopic (exact) mass is 508 g/mol. The lowest BCUT2D eigenvalue weighted by Crippen LogP contribution is -2.24. The van der Waals surface area contributed by atoms with Crippen molar-refractivity contribution in [3.63, 3.8) is 0 Å². The van der Waals surface area contributed by atoms with Gasteiger partial charge in [-0.15, -0.1) is 0 Å². The first kappa shape index (κ1) is 23.3. The lowest BCUT2D eigenvalue weighted by atomic mass is 9.83. The predicted octanol–water partition coefficient (Wildman–Crippen LogP) is 6.30. The van der Waals surface area contributed by atoms with Gasteiger partial charge in [-0.1, -0.05) is 36.4 Å². The van der Waals surface area contributed by atoms with Gasteiger partial charge in [-0.25, -0.2) is 8.78 Å². The minimum absolute atomic E-state index is 0.135. The zero-order valence-corrected chi connectivity index (χ0v) is 21.1. The molecular formula is C32H26F2N2O2. The van der Waals surface area contributed by atoms with Crippen LogP contribution in [0.3, 0.4) is 0 Å². The fraction of sp³-hybridized carbons (Fsp3) is 0.219. The molecule has 7 rings (SSSR count). The molecule has 4 nitrogen and oxygen atoms in total. The summed E-state index contributed by atoms with van der Waals surface area (Å²) in [6, 6.07) is 17.7. The highest BCUT2D eigenvalue weighted by atomic mass is 19.2. The number of hydrogen-bond donors (Lipinski definition) is 2. The fourth-order valence-corrected chi connectivity index (χ4v) is 6.30. The van der Waals surface area contributed by atoms with E-state index < -0.39 is 11.6 Å². The van der Waals surface area contributed by atoms with E-state index in [2.05, 4.69) is 30.5 Å². The molecule has 1 amide bonds. The summed E-state index contributed by atoms with van der Waals surface area (Å²) in [6.45, 7) is 6.45. The van der Waals surface area contributed by atoms with E-state index >= 15 is 0 Å². The van der Waals surface area contributed by atoms with Crippen LogP contribution in [0.25, 0.3) is 11.1 Å². The minimum atomic E-state index is -0.872. The number of benzene rings is 4. The average Bonchev–Trinajstić information content (AvgIpc) is 3.64. The average molecular weight is 509 g/mol. The van der Waals surface area contributed by atoms with Crippen molar-refractivity contribution in [3.8, 4) is 11.1 Å². The Labute approximate surface area is 219 Å². The molecule has 2 unspecified atom stereocenters. The van der Waals surface area contributed by atoms with Crippen LogP contribution in [-0.4, -0.2) is 5.91 Å². The Bertz CT molecular complexity index is 1660. The zero-order valence-electron chi connectivity index (χ0n) is 21.1. The summed E-state index contributed by atoms with van der Waals surface area (Å²) >= 11 is 0. The van der Waals surface area contributed by atoms with Crippen LogP contribution in [0.1, 0.15) is 72.6 Å². The topological polar surface area (TPSA) is 50.4 Å². The molecule has 0 aromatic heterocycles. The molecule has 190 valence electrons. The van der Waals surface area contributed by atoms with Crippen molar-refractivity contribution in [1.29, 1.82) is 0 Å². The molecule has 0 saturated carbocycles. The van der Waals surface area contributed by atoms with E-state index in [1.807, 2.05) is 30.3 Å². The van der Waals surface area contributed by atoms with Gasteiger partial charge in [0.05, 0.1) is 0 Å². The normalized spacial score (nSPS) is 18.3. The molecule has 3 aliphatic heterocycles. The van der Waals surface area contributed by atoms with Crippen molar-refractivity contribution in [3.05, 3.63) is 128 Å². The van der Waals surface area contributed by atoms with Crippen LogP contribution in [0.4, 0.5) is 8.78 Å². The number of aryl methyl sites for hydroxylation is 1. The summed E-state index contributed by atoms with van der Waals surface area (Å²) < 4.78 is 34.6. The molecule has 6 heteroatoms. The number of fused-ring (bicyclic) bond motifs is 9. The van der Waals surface area contributed by atoms with Crippen LogP contribution in [0.15, 0.2) is 60.7 Å². The van der Waals surface area contributed by atoms with Gasteiger partial charge in [0.15, 0.2) is 11.6 Å². The summed E-state index contributed by atoms with van der Waals surface area (Å²) in [7, 11) is 0. The first-order chi connectivity index (χ1) is 18.4. The van der Waals surface area contributed by atoms with E-state index in [1.54, 1.807) is 12.1 Å². The zero-order chi connectivity index (χ0) is 26.1. The first-order valence-corrected chi connectivity index (χ1v) is 12.9. The van der Waals surface area contributed by atoms with Crippen LogP contribution >= 0.6 is 0 Å². The second-order valence-electron chi connectivity index (χ2n) is 10.4. The third-order valence-electron chi connectivity index (χ3n) is 8.30. The maximum absolute atomic E-state index is 14.5. The summed E-state index contributed by atoms with van der Waals surface area (Å²) in [6.07, 6.45) is -0.568. The minimum Gasteiger partial charge on any atom is -0.356 e. The Kier molecular flexibility index (Phi) is 5.25. The number of nitrogens with one attached hydrogen (secondary N) is 2. The van der Waals surface area contributed by atoms with Crippen molar-refractivity contribution >= 4 is 5.91 Å². The van der Waals surface area contributed by atoms with Gasteiger partial charge >= 0.3 is 0 Å². The van der Waals surface area contributed by atoms with Gasteiger partial charge in [-0.3, -0.25) is 4.79 Å². The standard InChI is InChI=1S/C32H26F2N2O2/c1-16-10-20-13-35-14-27(20)17(2)26(16)15-36-32(37)19-7-9-23-25(12-19)31-24-11-18(6-8-22(24)30(23)38-31)21-4-3-5-28(33)29(21)34/h3-12,30-31,35H,13-15H2,1-2H3,(H,36,37). The number of carbonyl (C=O) groups excluding carboxylic acids is 1. The quantitative estimate of drug-likeness (QED) is 0.340. The third-order valence-corrected chi connectivity index (χ3v) is 8.30. The molecular weight excluding hydrogens is 482 g/mol. The van der Waals surface area contributed by atoms with Crippen LogP contribution in [0.2, 0.25) is 0 Å². The van der Waals surface area contributed by atoms with Gasteiger partial charge in [0.25, 0.3) is 5.91 Å². The highest BCUT2D eigenvalue weighted by Gasteiger charge is 2.43. The molecule has 0 spiro atoms. The molecule has 2 N–H and O–H groups in total. The van der Waals surface area contributed by atoms with Gasteiger partial charge in [-0.05, 0) is 93.7 Å². The van der Waals surface area contributed by atoms with E-state index in [1.165, 1.54) is 28.3 Å². The van der Waals surface area contributed by atoms with Crippen molar-refractivity contribution < 1.29 is 18.3 Å². The summed E-state index contributed by atoms with van der Waals surface area (Å²) in [5.74, 6) is -1.87. The summed E-state index contributed by atoms with van der Waals surface area (Å²) in [5, 5.41) is 6.51. The van der Waals surface area contributed by atoms with Gasteiger partial charge < -0.3 is 15.4 Å². The molecule has 0 fully saturated rings. The molecule has 0 aliphatic carbocycles. The first-order valence-electron chi connectivity index (χ1n) is 12.9. The molecule has 4 aromatic carbocycles. The second kappa shape index (κ2) is 8.58. The van der Waals surface area contributed by atoms with Crippen molar-refractivity contribution in [2.24, 2.45) is 0 Å². The largest absolute Gasteiger partial charge is 0.356 e. The predicted molar refractivity (Wildman–Crippen MR) is 141 cm³/mol.